The molecule has 0 atom stereocenters. The van der Waals surface area contributed by atoms with Gasteiger partial charge in [0, 0.05) is 17.3 Å². The van der Waals surface area contributed by atoms with Crippen LogP contribution in [0.3, 0.4) is 0 Å². The molecule has 0 amide bonds. The Kier molecular flexibility index (Phi) is 3.81. The number of aromatic nitrogens is 6. The first-order valence-electron chi connectivity index (χ1n) is 7.81. The summed E-state index contributed by atoms with van der Waals surface area (Å²) in [5.74, 6) is 0.482. The van der Waals surface area contributed by atoms with Crippen molar-refractivity contribution >= 4 is 23.5 Å². The second-order valence-corrected chi connectivity index (χ2v) is 6.70. The van der Waals surface area contributed by atoms with E-state index in [1.165, 1.54) is 30.6 Å². The largest absolute Gasteiger partial charge is 0.306 e. The summed E-state index contributed by atoms with van der Waals surface area (Å²) in [5, 5.41) is 10.9. The van der Waals surface area contributed by atoms with Crippen molar-refractivity contribution in [3.05, 3.63) is 45.3 Å². The molecule has 0 saturated heterocycles. The van der Waals surface area contributed by atoms with Gasteiger partial charge in [-0.2, -0.15) is 0 Å². The fourth-order valence-corrected chi connectivity index (χ4v) is 3.29. The van der Waals surface area contributed by atoms with Gasteiger partial charge in [0.1, 0.15) is 16.5 Å². The fraction of sp³-hybridized carbons (Fsp3) is 0.312. The van der Waals surface area contributed by atoms with Crippen LogP contribution in [0.5, 0.6) is 0 Å². The van der Waals surface area contributed by atoms with Crippen molar-refractivity contribution in [3.8, 4) is 10.6 Å². The monoisotopic (exact) mass is 340 g/mol. The Morgan fingerprint density at radius 1 is 1.38 bits per heavy atom. The zero-order valence-corrected chi connectivity index (χ0v) is 14.0. The number of aromatic amines is 1. The van der Waals surface area contributed by atoms with Gasteiger partial charge in [-0.3, -0.25) is 4.79 Å². The number of hydrogen-bond donors (Lipinski definition) is 1. The van der Waals surface area contributed by atoms with Crippen molar-refractivity contribution in [2.45, 2.75) is 32.2 Å². The van der Waals surface area contributed by atoms with Crippen LogP contribution in [0, 0.1) is 6.92 Å². The Morgan fingerprint density at radius 2 is 2.25 bits per heavy atom. The van der Waals surface area contributed by atoms with Crippen LogP contribution < -0.4 is 5.56 Å². The number of aryl methyl sites for hydroxylation is 1. The maximum atomic E-state index is 12.2. The van der Waals surface area contributed by atoms with Gasteiger partial charge in [0.2, 0.25) is 0 Å². The minimum absolute atomic E-state index is 0.197. The van der Waals surface area contributed by atoms with Crippen LogP contribution in [0.25, 0.3) is 22.7 Å². The van der Waals surface area contributed by atoms with E-state index in [1.807, 2.05) is 23.2 Å². The quantitative estimate of drug-likeness (QED) is 0.789. The van der Waals surface area contributed by atoms with Crippen LogP contribution in [-0.4, -0.2) is 29.9 Å². The number of nitrogens with one attached hydrogen (secondary N) is 1. The van der Waals surface area contributed by atoms with Crippen LogP contribution in [-0.2, 0) is 0 Å². The zero-order valence-electron chi connectivity index (χ0n) is 13.1. The lowest BCUT2D eigenvalue weighted by atomic mass is 9.93. The minimum Gasteiger partial charge on any atom is -0.306 e. The Hall–Kier alpha value is -2.61. The number of rotatable bonds is 4. The van der Waals surface area contributed by atoms with E-state index >= 15 is 0 Å². The third-order valence-corrected chi connectivity index (χ3v) is 5.05. The van der Waals surface area contributed by atoms with Gasteiger partial charge < -0.3 is 4.98 Å². The van der Waals surface area contributed by atoms with Crippen molar-refractivity contribution in [2.24, 2.45) is 0 Å². The Morgan fingerprint density at radius 3 is 2.92 bits per heavy atom. The maximum Gasteiger partial charge on any atom is 0.261 e. The standard InChI is InChI=1S/C16H16N6OS/c1-10-9-24-16(18-10)13-7-17-14(19-15(13)23)6-5-11-8-22(21-20-11)12-3-2-4-12/h5-9,12H,2-4H2,1H3,(H,17,19,23). The molecule has 1 aliphatic carbocycles. The van der Waals surface area contributed by atoms with Gasteiger partial charge in [0.05, 0.1) is 17.8 Å². The first kappa shape index (κ1) is 14.9. The van der Waals surface area contributed by atoms with E-state index in [0.29, 0.717) is 22.4 Å². The van der Waals surface area contributed by atoms with Crippen LogP contribution in [0.15, 0.2) is 22.6 Å². The highest BCUT2D eigenvalue weighted by Gasteiger charge is 2.20. The molecule has 0 spiro atoms. The number of H-pyrrole nitrogens is 1. The third-order valence-electron chi connectivity index (χ3n) is 4.06. The fourth-order valence-electron chi connectivity index (χ4n) is 2.48. The highest BCUT2D eigenvalue weighted by atomic mass is 32.1. The van der Waals surface area contributed by atoms with Gasteiger partial charge in [0.15, 0.2) is 0 Å². The molecule has 7 nitrogen and oxygen atoms in total. The second kappa shape index (κ2) is 6.12. The average molecular weight is 340 g/mol. The molecule has 0 bridgehead atoms. The molecule has 1 fully saturated rings. The molecule has 122 valence electrons. The smallest absolute Gasteiger partial charge is 0.261 e. The predicted octanol–water partition coefficient (Wildman–Crippen LogP) is 2.69. The molecule has 1 saturated carbocycles. The molecule has 0 aromatic carbocycles. The summed E-state index contributed by atoms with van der Waals surface area (Å²) in [6.07, 6.45) is 10.6. The summed E-state index contributed by atoms with van der Waals surface area (Å²) in [7, 11) is 0. The lowest BCUT2D eigenvalue weighted by Crippen LogP contribution is -2.17. The molecule has 1 N–H and O–H groups in total. The summed E-state index contributed by atoms with van der Waals surface area (Å²) >= 11 is 1.44. The molecule has 8 heteroatoms. The summed E-state index contributed by atoms with van der Waals surface area (Å²) in [6, 6.07) is 0.485. The maximum absolute atomic E-state index is 12.2. The van der Waals surface area contributed by atoms with E-state index in [4.69, 9.17) is 0 Å². The van der Waals surface area contributed by atoms with Crippen molar-refractivity contribution < 1.29 is 0 Å². The summed E-state index contributed by atoms with van der Waals surface area (Å²) in [5.41, 5.74) is 1.94. The van der Waals surface area contributed by atoms with Gasteiger partial charge in [-0.1, -0.05) is 5.21 Å². The molecule has 24 heavy (non-hydrogen) atoms. The van der Waals surface area contributed by atoms with E-state index in [9.17, 15) is 4.79 Å². The molecule has 1 aliphatic rings. The van der Waals surface area contributed by atoms with E-state index in [-0.39, 0.29) is 5.56 Å². The first-order chi connectivity index (χ1) is 11.7. The van der Waals surface area contributed by atoms with Crippen molar-refractivity contribution in [2.75, 3.05) is 0 Å². The van der Waals surface area contributed by atoms with Gasteiger partial charge in [-0.05, 0) is 38.3 Å². The first-order valence-corrected chi connectivity index (χ1v) is 8.69. The topological polar surface area (TPSA) is 89.4 Å². The molecule has 3 aromatic rings. The average Bonchev–Trinajstić information content (AvgIpc) is 3.13. The van der Waals surface area contributed by atoms with Crippen molar-refractivity contribution in [1.29, 1.82) is 0 Å². The second-order valence-electron chi connectivity index (χ2n) is 5.85. The summed E-state index contributed by atoms with van der Waals surface area (Å²) < 4.78 is 1.91. The zero-order chi connectivity index (χ0) is 16.5. The van der Waals surface area contributed by atoms with E-state index in [0.717, 1.165) is 11.4 Å². The molecular weight excluding hydrogens is 324 g/mol. The molecule has 3 heterocycles. The molecule has 0 aliphatic heterocycles. The van der Waals surface area contributed by atoms with Crippen LogP contribution in [0.2, 0.25) is 0 Å². The van der Waals surface area contributed by atoms with Gasteiger partial charge in [-0.15, -0.1) is 16.4 Å². The highest BCUT2D eigenvalue weighted by Crippen LogP contribution is 2.30. The van der Waals surface area contributed by atoms with Gasteiger partial charge >= 0.3 is 0 Å². The van der Waals surface area contributed by atoms with E-state index in [1.54, 1.807) is 18.3 Å². The number of thiazole rings is 1. The lowest BCUT2D eigenvalue weighted by Gasteiger charge is -2.24. The van der Waals surface area contributed by atoms with Gasteiger partial charge in [0.25, 0.3) is 5.56 Å². The van der Waals surface area contributed by atoms with Crippen LogP contribution in [0.4, 0.5) is 0 Å². The van der Waals surface area contributed by atoms with Crippen molar-refractivity contribution in [1.82, 2.24) is 29.9 Å². The van der Waals surface area contributed by atoms with E-state index < -0.39 is 0 Å². The van der Waals surface area contributed by atoms with Gasteiger partial charge in [-0.25, -0.2) is 14.6 Å². The summed E-state index contributed by atoms with van der Waals surface area (Å²) in [4.78, 5) is 23.6. The molecule has 3 aromatic heterocycles. The highest BCUT2D eigenvalue weighted by molar-refractivity contribution is 7.13. The number of nitrogens with zero attached hydrogens (tertiary/aromatic N) is 5. The third kappa shape index (κ3) is 2.92. The Labute approximate surface area is 142 Å². The number of hydrogen-bond acceptors (Lipinski definition) is 6. The lowest BCUT2D eigenvalue weighted by molar-refractivity contribution is 0.284. The Bertz CT molecular complexity index is 949. The van der Waals surface area contributed by atoms with Crippen LogP contribution >= 0.6 is 11.3 Å². The molecule has 0 unspecified atom stereocenters. The predicted molar refractivity (Wildman–Crippen MR) is 92.5 cm³/mol. The molecule has 4 rings (SSSR count). The van der Waals surface area contributed by atoms with Crippen LogP contribution in [0.1, 0.15) is 42.5 Å². The molecule has 0 radical (unpaired) electrons. The molecular formula is C16H16N6OS. The Balaban J connectivity index is 1.53. The SMILES string of the molecule is Cc1csc(-c2cnc(C=Cc3cn(C4CCC4)nn3)[nH]c2=O)n1. The van der Waals surface area contributed by atoms with E-state index in [2.05, 4.69) is 25.3 Å². The minimum atomic E-state index is -0.197. The normalized spacial score (nSPS) is 15.0. The summed E-state index contributed by atoms with van der Waals surface area (Å²) in [6.45, 7) is 1.90. The van der Waals surface area contributed by atoms with Crippen molar-refractivity contribution in [3.63, 3.8) is 0 Å².